The quantitative estimate of drug-likeness (QED) is 0.0716. The van der Waals surface area contributed by atoms with Gasteiger partial charge in [0, 0.05) is 0 Å². The predicted octanol–water partition coefficient (Wildman–Crippen LogP) is 14.8. The second-order valence-corrected chi connectivity index (χ2v) is 19.1. The Morgan fingerprint density at radius 1 is 0.487 bits per heavy atom. The molecule has 0 heterocycles. The number of aromatic carboxylic acids is 1. The van der Waals surface area contributed by atoms with Gasteiger partial charge in [-0.15, -0.1) is 0 Å². The topological polar surface area (TPSA) is 153 Å². The van der Waals surface area contributed by atoms with Crippen LogP contribution >= 0.6 is 0 Å². The van der Waals surface area contributed by atoms with E-state index in [1.54, 1.807) is 6.07 Å². The lowest BCUT2D eigenvalue weighted by Gasteiger charge is -2.18. The minimum atomic E-state index is -6.29. The zero-order valence-electron chi connectivity index (χ0n) is 40.1. The average molecular weight is 1130 g/mol. The van der Waals surface area contributed by atoms with Gasteiger partial charge in [-0.25, -0.2) is 14.4 Å². The number of rotatable bonds is 9. The molecule has 76 heavy (non-hydrogen) atoms. The number of carboxylic acids is 1. The minimum Gasteiger partial charge on any atom is -0.478 e. The zero-order chi connectivity index (χ0) is 57.2. The highest BCUT2D eigenvalue weighted by Gasteiger charge is 2.50. The highest BCUT2D eigenvalue weighted by atomic mass is 32.2. The Labute approximate surface area is 425 Å². The molecule has 3 aliphatic rings. The largest absolute Gasteiger partial charge is 0.534 e. The summed E-state index contributed by atoms with van der Waals surface area (Å²) >= 11 is 0. The van der Waals surface area contributed by atoms with Crippen molar-refractivity contribution in [2.75, 3.05) is 14.2 Å². The van der Waals surface area contributed by atoms with E-state index >= 15 is 0 Å². The van der Waals surface area contributed by atoms with Crippen LogP contribution in [0.4, 0.5) is 65.9 Å². The smallest absolute Gasteiger partial charge is 0.478 e. The van der Waals surface area contributed by atoms with Gasteiger partial charge in [0.1, 0.15) is 5.56 Å². The van der Waals surface area contributed by atoms with Gasteiger partial charge in [0.15, 0.2) is 5.75 Å². The van der Waals surface area contributed by atoms with Crippen LogP contribution in [0.25, 0.3) is 0 Å². The molecule has 0 bridgehead atoms. The lowest BCUT2D eigenvalue weighted by Crippen LogP contribution is -2.29. The van der Waals surface area contributed by atoms with Gasteiger partial charge in [-0.05, 0) is 127 Å². The molecule has 0 spiro atoms. The standard InChI is InChI=1S/C14H15F3O2.C13H13F3O2.C13H15F3O.C10H6F6O5S/c1-19-13(18)10-6-7-11(9-4-2-3-5-9)12(8-10)14(15,16)17;14-13(15,16)11-7-9(12(17)18)5-6-10(11)8-3-1-2-4-8;14-13(15,16)12-7-9(8-17)5-6-11(12)10-3-1-2-4-10;1-20-8(17)5-2-3-7(6(4-5)9(11,12)13)21-22(18,19)10(14,15)16/h6-9H,2-5H2,1H3;5-8H,1-4H2,(H,17,18);5-7,10,17H,1-4,8H2;2-4H,1H3. The van der Waals surface area contributed by atoms with E-state index in [0.717, 1.165) is 109 Å². The summed E-state index contributed by atoms with van der Waals surface area (Å²) < 4.78 is 225. The molecule has 0 amide bonds. The Morgan fingerprint density at radius 2 is 0.803 bits per heavy atom. The number of ether oxygens (including phenoxy) is 2. The monoisotopic (exact) mass is 1130 g/mol. The first-order valence-electron chi connectivity index (χ1n) is 23.0. The van der Waals surface area contributed by atoms with Crippen LogP contribution in [-0.2, 0) is 50.9 Å². The van der Waals surface area contributed by atoms with Gasteiger partial charge in [-0.2, -0.15) is 74.3 Å². The lowest BCUT2D eigenvalue weighted by molar-refractivity contribution is -0.139. The summed E-state index contributed by atoms with van der Waals surface area (Å²) in [5.74, 6) is -5.01. The Bertz CT molecular complexity index is 2750. The molecule has 0 atom stereocenters. The second kappa shape index (κ2) is 25.4. The van der Waals surface area contributed by atoms with Crippen LogP contribution < -0.4 is 4.18 Å². The molecule has 7 rings (SSSR count). The number of aliphatic hydroxyl groups excluding tert-OH is 1. The summed E-state index contributed by atoms with van der Waals surface area (Å²) in [6.45, 7) is -0.353. The maximum absolute atomic E-state index is 13.1. The molecule has 2 N–H and O–H groups in total. The van der Waals surface area contributed by atoms with Crippen molar-refractivity contribution in [3.63, 3.8) is 0 Å². The van der Waals surface area contributed by atoms with E-state index in [-0.39, 0.29) is 53.2 Å². The highest BCUT2D eigenvalue weighted by Crippen LogP contribution is 2.45. The van der Waals surface area contributed by atoms with Crippen molar-refractivity contribution in [2.45, 2.75) is 132 Å². The van der Waals surface area contributed by atoms with Crippen LogP contribution in [0.5, 0.6) is 5.75 Å². The van der Waals surface area contributed by atoms with E-state index in [1.165, 1.54) is 30.3 Å². The normalized spacial score (nSPS) is 15.9. The molecule has 0 saturated heterocycles. The average Bonchev–Trinajstić information content (AvgIpc) is 4.18. The van der Waals surface area contributed by atoms with E-state index in [2.05, 4.69) is 13.7 Å². The van der Waals surface area contributed by atoms with Crippen LogP contribution in [0.15, 0.2) is 72.8 Å². The SMILES string of the molecule is COC(=O)c1ccc(C2CCCC2)c(C(F)(F)F)c1.COC(=O)c1ccc(OS(=O)(=O)C(F)(F)F)c(C(F)(F)F)c1.O=C(O)c1ccc(C2CCCC2)c(C(F)(F)F)c1.OCc1ccc(C2CCCC2)c(C(F)(F)F)c1. The van der Waals surface area contributed by atoms with Crippen molar-refractivity contribution in [2.24, 2.45) is 0 Å². The summed E-state index contributed by atoms with van der Waals surface area (Å²) in [5, 5.41) is 17.7. The molecule has 3 aliphatic carbocycles. The Hall–Kier alpha value is -6.05. The van der Waals surface area contributed by atoms with Crippen LogP contribution in [0, 0.1) is 0 Å². The molecular weight excluding hydrogens is 1080 g/mol. The molecule has 0 unspecified atom stereocenters. The van der Waals surface area contributed by atoms with E-state index in [4.69, 9.17) is 10.2 Å². The number of halogens is 15. The summed E-state index contributed by atoms with van der Waals surface area (Å²) in [7, 11) is -4.27. The number of methoxy groups -OCH3 is 2. The fourth-order valence-electron chi connectivity index (χ4n) is 8.94. The first-order valence-corrected chi connectivity index (χ1v) is 24.4. The maximum Gasteiger partial charge on any atom is 0.534 e. The number of carbonyl (C=O) groups is 3. The van der Waals surface area contributed by atoms with E-state index < -0.39 is 91.8 Å². The van der Waals surface area contributed by atoms with Crippen molar-refractivity contribution in [1.29, 1.82) is 0 Å². The Balaban J connectivity index is 0.000000220. The van der Waals surface area contributed by atoms with Gasteiger partial charge in [0.05, 0.1) is 54.2 Å². The highest BCUT2D eigenvalue weighted by molar-refractivity contribution is 7.88. The van der Waals surface area contributed by atoms with Crippen molar-refractivity contribution in [3.05, 3.63) is 134 Å². The summed E-state index contributed by atoms with van der Waals surface area (Å²) in [6.07, 6.45) is -8.02. The van der Waals surface area contributed by atoms with E-state index in [1.807, 2.05) is 0 Å². The summed E-state index contributed by atoms with van der Waals surface area (Å²) in [6, 6.07) is 12.3. The van der Waals surface area contributed by atoms with Crippen LogP contribution in [0.3, 0.4) is 0 Å². The maximum atomic E-state index is 13.1. The number of esters is 2. The van der Waals surface area contributed by atoms with Gasteiger partial charge in [-0.3, -0.25) is 0 Å². The number of carbonyl (C=O) groups excluding carboxylic acids is 2. The number of carboxylic acid groups (broad SMARTS) is 1. The van der Waals surface area contributed by atoms with E-state index in [0.29, 0.717) is 22.8 Å². The fourth-order valence-corrected chi connectivity index (χ4v) is 9.42. The van der Waals surface area contributed by atoms with Gasteiger partial charge < -0.3 is 23.9 Å². The predicted molar refractivity (Wildman–Crippen MR) is 241 cm³/mol. The molecule has 3 saturated carbocycles. The second-order valence-electron chi connectivity index (χ2n) is 17.6. The van der Waals surface area contributed by atoms with E-state index in [9.17, 15) is 88.7 Å². The molecule has 0 aliphatic heterocycles. The minimum absolute atomic E-state index is 0.0272. The third-order valence-electron chi connectivity index (χ3n) is 12.6. The van der Waals surface area contributed by atoms with Crippen LogP contribution in [0.1, 0.15) is 170 Å². The van der Waals surface area contributed by atoms with Gasteiger partial charge in [-0.1, -0.05) is 62.8 Å². The number of alkyl halides is 15. The van der Waals surface area contributed by atoms with Crippen molar-refractivity contribution >= 4 is 28.0 Å². The first kappa shape index (κ1) is 62.5. The molecule has 10 nitrogen and oxygen atoms in total. The molecule has 3 fully saturated rings. The lowest BCUT2D eigenvalue weighted by atomic mass is 9.91. The third kappa shape index (κ3) is 16.7. The number of hydrogen-bond donors (Lipinski definition) is 2. The summed E-state index contributed by atoms with van der Waals surface area (Å²) in [4.78, 5) is 33.2. The van der Waals surface area contributed by atoms with Crippen LogP contribution in [0.2, 0.25) is 0 Å². The molecule has 26 heteroatoms. The van der Waals surface area contributed by atoms with Gasteiger partial charge >= 0.3 is 58.2 Å². The van der Waals surface area contributed by atoms with Crippen LogP contribution in [-0.4, -0.2) is 56.3 Å². The Kier molecular flexibility index (Phi) is 20.9. The van der Waals surface area contributed by atoms with Crippen molar-refractivity contribution in [3.8, 4) is 5.75 Å². The molecular formula is C50H49F15O10S. The van der Waals surface area contributed by atoms with Gasteiger partial charge in [0.25, 0.3) is 0 Å². The zero-order valence-corrected chi connectivity index (χ0v) is 40.9. The first-order chi connectivity index (χ1) is 35.1. The third-order valence-corrected chi connectivity index (χ3v) is 13.5. The van der Waals surface area contributed by atoms with Crippen molar-refractivity contribution < 1.29 is 113 Å². The molecule has 4 aromatic carbocycles. The molecule has 0 aromatic heterocycles. The van der Waals surface area contributed by atoms with Crippen molar-refractivity contribution in [1.82, 2.24) is 0 Å². The Morgan fingerprint density at radius 3 is 1.13 bits per heavy atom. The molecule has 420 valence electrons. The molecule has 4 aromatic rings. The van der Waals surface area contributed by atoms with Gasteiger partial charge in [0.2, 0.25) is 0 Å². The number of aliphatic hydroxyl groups is 1. The summed E-state index contributed by atoms with van der Waals surface area (Å²) in [5.41, 5.74) is -9.62. The number of hydrogen-bond acceptors (Lipinski definition) is 9. The fraction of sp³-hybridized carbons (Fsp3) is 0.460. The molecule has 0 radical (unpaired) electrons. The number of benzene rings is 4.